The van der Waals surface area contributed by atoms with Crippen LogP contribution in [0.1, 0.15) is 74.5 Å². The summed E-state index contributed by atoms with van der Waals surface area (Å²) in [5.74, 6) is 0.882. The predicted molar refractivity (Wildman–Crippen MR) is 78.3 cm³/mol. The second-order valence-corrected chi connectivity index (χ2v) is 6.21. The number of aryl methyl sites for hydroxylation is 1. The second kappa shape index (κ2) is 5.78. The molecule has 3 rings (SSSR count). The van der Waals surface area contributed by atoms with Crippen LogP contribution in [0.4, 0.5) is 0 Å². The van der Waals surface area contributed by atoms with Gasteiger partial charge in [-0.25, -0.2) is 9.97 Å². The van der Waals surface area contributed by atoms with Crippen LogP contribution >= 0.6 is 0 Å². The number of methoxy groups -OCH3 is 1. The fourth-order valence-electron chi connectivity index (χ4n) is 3.61. The third-order valence-electron chi connectivity index (χ3n) is 4.94. The molecule has 1 atom stereocenters. The molecule has 1 aromatic heterocycles. The van der Waals surface area contributed by atoms with Crippen LogP contribution in [-0.4, -0.2) is 17.1 Å². The molecule has 4 nitrogen and oxygen atoms in total. The zero-order valence-electron chi connectivity index (χ0n) is 12.4. The maximum Gasteiger partial charge on any atom is 0.160 e. The van der Waals surface area contributed by atoms with Gasteiger partial charge in [0.1, 0.15) is 5.60 Å². The molecule has 0 radical (unpaired) electrons. The van der Waals surface area contributed by atoms with Crippen LogP contribution in [0.25, 0.3) is 0 Å². The molecule has 0 spiro atoms. The highest BCUT2D eigenvalue weighted by molar-refractivity contribution is 5.24. The smallest absolute Gasteiger partial charge is 0.160 e. The Morgan fingerprint density at radius 1 is 1.20 bits per heavy atom. The summed E-state index contributed by atoms with van der Waals surface area (Å²) in [5.41, 5.74) is 8.27. The van der Waals surface area contributed by atoms with Gasteiger partial charge in [-0.3, -0.25) is 0 Å². The van der Waals surface area contributed by atoms with Gasteiger partial charge in [-0.15, -0.1) is 0 Å². The number of rotatable bonds is 2. The van der Waals surface area contributed by atoms with Crippen molar-refractivity contribution in [2.45, 2.75) is 69.4 Å². The van der Waals surface area contributed by atoms with E-state index in [9.17, 15) is 0 Å². The van der Waals surface area contributed by atoms with Crippen LogP contribution in [0.2, 0.25) is 0 Å². The number of hydrogen-bond acceptors (Lipinski definition) is 4. The Morgan fingerprint density at radius 2 is 2.00 bits per heavy atom. The fourth-order valence-corrected chi connectivity index (χ4v) is 3.61. The minimum atomic E-state index is -0.260. The molecule has 1 fully saturated rings. The maximum atomic E-state index is 6.23. The quantitative estimate of drug-likeness (QED) is 0.843. The number of fused-ring (bicyclic) bond motifs is 1. The molecule has 0 bridgehead atoms. The summed E-state index contributed by atoms with van der Waals surface area (Å²) < 4.78 is 5.86. The van der Waals surface area contributed by atoms with Crippen molar-refractivity contribution in [3.63, 3.8) is 0 Å². The van der Waals surface area contributed by atoms with Crippen molar-refractivity contribution in [1.82, 2.24) is 9.97 Å². The van der Waals surface area contributed by atoms with Gasteiger partial charge < -0.3 is 10.5 Å². The molecular formula is C16H25N3O. The molecule has 2 aliphatic carbocycles. The van der Waals surface area contributed by atoms with Gasteiger partial charge in [0.2, 0.25) is 0 Å². The predicted octanol–water partition coefficient (Wildman–Crippen LogP) is 3.01. The van der Waals surface area contributed by atoms with E-state index in [0.29, 0.717) is 0 Å². The first kappa shape index (κ1) is 14.0. The van der Waals surface area contributed by atoms with Crippen LogP contribution in [0.3, 0.4) is 0 Å². The minimum absolute atomic E-state index is 0.103. The van der Waals surface area contributed by atoms with E-state index in [-0.39, 0.29) is 11.6 Å². The van der Waals surface area contributed by atoms with Crippen molar-refractivity contribution in [2.24, 2.45) is 5.73 Å². The van der Waals surface area contributed by atoms with E-state index < -0.39 is 0 Å². The summed E-state index contributed by atoms with van der Waals surface area (Å²) in [5, 5.41) is 0. The van der Waals surface area contributed by atoms with Crippen molar-refractivity contribution in [3.05, 3.63) is 23.3 Å². The molecule has 20 heavy (non-hydrogen) atoms. The lowest BCUT2D eigenvalue weighted by atomic mass is 9.83. The molecule has 1 saturated carbocycles. The molecule has 2 aliphatic rings. The summed E-state index contributed by atoms with van der Waals surface area (Å²) in [6.07, 6.45) is 12.2. The van der Waals surface area contributed by atoms with Gasteiger partial charge in [-0.1, -0.05) is 25.7 Å². The molecule has 110 valence electrons. The number of ether oxygens (including phenoxy) is 1. The van der Waals surface area contributed by atoms with Crippen LogP contribution in [-0.2, 0) is 16.8 Å². The normalized spacial score (nSPS) is 25.8. The van der Waals surface area contributed by atoms with E-state index >= 15 is 0 Å². The Kier molecular flexibility index (Phi) is 4.03. The van der Waals surface area contributed by atoms with Crippen molar-refractivity contribution >= 4 is 0 Å². The van der Waals surface area contributed by atoms with Crippen molar-refractivity contribution in [1.29, 1.82) is 0 Å². The van der Waals surface area contributed by atoms with Gasteiger partial charge in [0.15, 0.2) is 5.82 Å². The Labute approximate surface area is 121 Å². The lowest BCUT2D eigenvalue weighted by molar-refractivity contribution is -0.0516. The van der Waals surface area contributed by atoms with Gasteiger partial charge in [0.25, 0.3) is 0 Å². The molecular weight excluding hydrogens is 250 g/mol. The Hall–Kier alpha value is -1.00. The lowest BCUT2D eigenvalue weighted by Crippen LogP contribution is -2.34. The first-order chi connectivity index (χ1) is 9.75. The maximum absolute atomic E-state index is 6.23. The molecule has 2 N–H and O–H groups in total. The Balaban J connectivity index is 1.96. The van der Waals surface area contributed by atoms with Gasteiger partial charge in [0.05, 0.1) is 0 Å². The van der Waals surface area contributed by atoms with E-state index in [0.717, 1.165) is 42.8 Å². The molecule has 0 aromatic carbocycles. The average Bonchev–Trinajstić information content (AvgIpc) is 2.69. The summed E-state index contributed by atoms with van der Waals surface area (Å²) in [6.45, 7) is 0. The SMILES string of the molecule is COC1(c2ncc3c(n2)CCCCC3N)CCCCC1. The number of hydrogen-bond donors (Lipinski definition) is 1. The Morgan fingerprint density at radius 3 is 2.75 bits per heavy atom. The molecule has 0 amide bonds. The topological polar surface area (TPSA) is 61.0 Å². The van der Waals surface area contributed by atoms with Crippen LogP contribution < -0.4 is 5.73 Å². The van der Waals surface area contributed by atoms with Crippen molar-refractivity contribution < 1.29 is 4.74 Å². The van der Waals surface area contributed by atoms with Gasteiger partial charge in [0, 0.05) is 30.6 Å². The monoisotopic (exact) mass is 275 g/mol. The number of nitrogens with two attached hydrogens (primary N) is 1. The van der Waals surface area contributed by atoms with E-state index in [2.05, 4.69) is 4.98 Å². The number of aromatic nitrogens is 2. The highest BCUT2D eigenvalue weighted by Crippen LogP contribution is 2.39. The van der Waals surface area contributed by atoms with Crippen LogP contribution in [0.15, 0.2) is 6.20 Å². The average molecular weight is 275 g/mol. The van der Waals surface area contributed by atoms with E-state index in [1.54, 1.807) is 7.11 Å². The first-order valence-electron chi connectivity index (χ1n) is 7.92. The second-order valence-electron chi connectivity index (χ2n) is 6.21. The molecule has 1 unspecified atom stereocenters. The van der Waals surface area contributed by atoms with Crippen molar-refractivity contribution in [3.8, 4) is 0 Å². The highest BCUT2D eigenvalue weighted by atomic mass is 16.5. The summed E-state index contributed by atoms with van der Waals surface area (Å²) >= 11 is 0. The summed E-state index contributed by atoms with van der Waals surface area (Å²) in [6, 6.07) is 0.103. The molecule has 1 heterocycles. The zero-order valence-corrected chi connectivity index (χ0v) is 12.4. The number of nitrogens with zero attached hydrogens (tertiary/aromatic N) is 2. The fraction of sp³-hybridized carbons (Fsp3) is 0.750. The molecule has 1 aromatic rings. The van der Waals surface area contributed by atoms with Crippen LogP contribution in [0, 0.1) is 0 Å². The van der Waals surface area contributed by atoms with E-state index in [4.69, 9.17) is 15.5 Å². The molecule has 0 saturated heterocycles. The minimum Gasteiger partial charge on any atom is -0.370 e. The Bertz CT molecular complexity index is 469. The van der Waals surface area contributed by atoms with Gasteiger partial charge >= 0.3 is 0 Å². The third-order valence-corrected chi connectivity index (χ3v) is 4.94. The molecule has 4 heteroatoms. The largest absolute Gasteiger partial charge is 0.370 e. The van der Waals surface area contributed by atoms with E-state index in [1.807, 2.05) is 6.20 Å². The summed E-state index contributed by atoms with van der Waals surface area (Å²) in [4.78, 5) is 9.51. The molecule has 0 aliphatic heterocycles. The summed E-state index contributed by atoms with van der Waals surface area (Å²) in [7, 11) is 1.80. The lowest BCUT2D eigenvalue weighted by Gasteiger charge is -2.34. The highest BCUT2D eigenvalue weighted by Gasteiger charge is 2.37. The third kappa shape index (κ3) is 2.47. The van der Waals surface area contributed by atoms with Crippen molar-refractivity contribution in [2.75, 3.05) is 7.11 Å². The van der Waals surface area contributed by atoms with Crippen LogP contribution in [0.5, 0.6) is 0 Å². The zero-order chi connectivity index (χ0) is 14.0. The van der Waals surface area contributed by atoms with Gasteiger partial charge in [-0.2, -0.15) is 0 Å². The first-order valence-corrected chi connectivity index (χ1v) is 7.92. The standard InChI is InChI=1S/C16H25N3O/c1-20-16(9-5-2-6-10-16)15-18-11-12-13(17)7-3-4-8-14(12)19-15/h11,13H,2-10,17H2,1H3. The van der Waals surface area contributed by atoms with E-state index in [1.165, 1.54) is 32.1 Å². The van der Waals surface area contributed by atoms with Gasteiger partial charge in [-0.05, 0) is 32.1 Å².